The van der Waals surface area contributed by atoms with Crippen molar-refractivity contribution in [3.63, 3.8) is 0 Å². The highest BCUT2D eigenvalue weighted by Gasteiger charge is 2.50. The van der Waals surface area contributed by atoms with Crippen LogP contribution in [0.5, 0.6) is 0 Å². The van der Waals surface area contributed by atoms with E-state index in [-0.39, 0.29) is 0 Å². The number of rotatable bonds is 1. The zero-order chi connectivity index (χ0) is 11.3. The van der Waals surface area contributed by atoms with E-state index in [4.69, 9.17) is 0 Å². The van der Waals surface area contributed by atoms with E-state index in [0.717, 1.165) is 35.0 Å². The van der Waals surface area contributed by atoms with E-state index >= 15 is 0 Å². The van der Waals surface area contributed by atoms with E-state index in [1.807, 2.05) is 6.92 Å². The summed E-state index contributed by atoms with van der Waals surface area (Å²) in [6, 6.07) is 0. The van der Waals surface area contributed by atoms with Crippen LogP contribution in [0.4, 0.5) is 5.13 Å². The summed E-state index contributed by atoms with van der Waals surface area (Å²) in [5, 5.41) is 19.5. The Balaban J connectivity index is 1.83. The van der Waals surface area contributed by atoms with E-state index in [9.17, 15) is 5.11 Å². The summed E-state index contributed by atoms with van der Waals surface area (Å²) in [6.07, 6.45) is 2.27. The Kier molecular flexibility index (Phi) is 2.49. The van der Waals surface area contributed by atoms with Crippen molar-refractivity contribution in [2.75, 3.05) is 18.0 Å². The van der Waals surface area contributed by atoms with E-state index in [2.05, 4.69) is 31.0 Å². The molecule has 1 saturated heterocycles. The van der Waals surface area contributed by atoms with Crippen molar-refractivity contribution in [1.29, 1.82) is 0 Å². The molecular formula is C10H14BrN3OS. The standard InChI is InChI=1S/C10H14BrN3OS/c1-10(15)6-2-3-7(10)5-14(4-6)9-13-12-8(11)16-9/h6-7,15H,2-5H2,1H3. The SMILES string of the molecule is CC1(O)C2CCC1CN(c1nnc(Br)s1)C2. The maximum atomic E-state index is 10.4. The molecule has 16 heavy (non-hydrogen) atoms. The first kappa shape index (κ1) is 10.9. The van der Waals surface area contributed by atoms with Crippen LogP contribution in [-0.4, -0.2) is 34.0 Å². The summed E-state index contributed by atoms with van der Waals surface area (Å²) in [5.41, 5.74) is -0.474. The topological polar surface area (TPSA) is 49.2 Å². The van der Waals surface area contributed by atoms with Crippen molar-refractivity contribution in [2.45, 2.75) is 25.4 Å². The highest BCUT2D eigenvalue weighted by Crippen LogP contribution is 2.46. The number of nitrogens with zero attached hydrogens (tertiary/aromatic N) is 3. The Hall–Kier alpha value is -0.200. The second kappa shape index (κ2) is 3.65. The van der Waals surface area contributed by atoms with Crippen molar-refractivity contribution in [3.05, 3.63) is 3.92 Å². The third-order valence-electron chi connectivity index (χ3n) is 4.06. The number of fused-ring (bicyclic) bond motifs is 2. The summed E-state index contributed by atoms with van der Waals surface area (Å²) in [4.78, 5) is 2.27. The van der Waals surface area contributed by atoms with E-state index in [1.54, 1.807) is 11.3 Å². The van der Waals surface area contributed by atoms with E-state index in [1.165, 1.54) is 0 Å². The van der Waals surface area contributed by atoms with Crippen molar-refractivity contribution in [3.8, 4) is 0 Å². The van der Waals surface area contributed by atoms with Crippen molar-refractivity contribution in [2.24, 2.45) is 11.8 Å². The molecule has 1 aromatic rings. The van der Waals surface area contributed by atoms with Crippen molar-refractivity contribution in [1.82, 2.24) is 10.2 Å². The maximum Gasteiger partial charge on any atom is 0.209 e. The average Bonchev–Trinajstić information content (AvgIpc) is 2.65. The molecule has 6 heteroatoms. The molecule has 1 aliphatic carbocycles. The van der Waals surface area contributed by atoms with Gasteiger partial charge in [-0.1, -0.05) is 11.3 Å². The molecule has 0 amide bonds. The number of piperidine rings is 1. The number of anilines is 1. The largest absolute Gasteiger partial charge is 0.389 e. The van der Waals surface area contributed by atoms with Gasteiger partial charge in [-0.3, -0.25) is 0 Å². The summed E-state index contributed by atoms with van der Waals surface area (Å²) in [6.45, 7) is 3.80. The van der Waals surface area contributed by atoms with Gasteiger partial charge < -0.3 is 10.0 Å². The average molecular weight is 304 g/mol. The summed E-state index contributed by atoms with van der Waals surface area (Å²) >= 11 is 4.90. The third-order valence-corrected chi connectivity index (χ3v) is 5.48. The fraction of sp³-hybridized carbons (Fsp3) is 0.800. The Morgan fingerprint density at radius 2 is 2.00 bits per heavy atom. The first-order valence-electron chi connectivity index (χ1n) is 5.53. The van der Waals surface area contributed by atoms with Gasteiger partial charge in [0.25, 0.3) is 0 Å². The number of hydrogen-bond acceptors (Lipinski definition) is 5. The van der Waals surface area contributed by atoms with Crippen molar-refractivity contribution >= 4 is 32.4 Å². The van der Waals surface area contributed by atoms with Crippen LogP contribution in [0.3, 0.4) is 0 Å². The van der Waals surface area contributed by atoms with Gasteiger partial charge in [-0.15, -0.1) is 10.2 Å². The van der Waals surface area contributed by atoms with Gasteiger partial charge in [0.1, 0.15) is 0 Å². The quantitative estimate of drug-likeness (QED) is 0.861. The first-order valence-corrected chi connectivity index (χ1v) is 7.14. The number of aliphatic hydroxyl groups is 1. The molecule has 2 bridgehead atoms. The van der Waals surface area contributed by atoms with Crippen LogP contribution in [0.1, 0.15) is 19.8 Å². The predicted octanol–water partition coefficient (Wildman–Crippen LogP) is 1.90. The summed E-state index contributed by atoms with van der Waals surface area (Å²) in [5.74, 6) is 0.767. The second-order valence-corrected chi connectivity index (χ2v) is 7.17. The van der Waals surface area contributed by atoms with Gasteiger partial charge >= 0.3 is 0 Å². The third kappa shape index (κ3) is 1.58. The summed E-state index contributed by atoms with van der Waals surface area (Å²) < 4.78 is 0.826. The lowest BCUT2D eigenvalue weighted by Crippen LogP contribution is -2.52. The van der Waals surface area contributed by atoms with Crippen LogP contribution >= 0.6 is 27.3 Å². The monoisotopic (exact) mass is 303 g/mol. The molecule has 2 unspecified atom stereocenters. The molecule has 1 aliphatic heterocycles. The Morgan fingerprint density at radius 3 is 2.50 bits per heavy atom. The molecule has 1 N–H and O–H groups in total. The molecular weight excluding hydrogens is 290 g/mol. The second-order valence-electron chi connectivity index (χ2n) is 4.94. The van der Waals surface area contributed by atoms with E-state index in [0.29, 0.717) is 11.8 Å². The van der Waals surface area contributed by atoms with Crippen LogP contribution in [0.15, 0.2) is 3.92 Å². The highest BCUT2D eigenvalue weighted by molar-refractivity contribution is 9.11. The van der Waals surface area contributed by atoms with Gasteiger partial charge in [-0.25, -0.2) is 0 Å². The molecule has 1 saturated carbocycles. The Bertz CT molecular complexity index is 393. The minimum atomic E-state index is -0.474. The minimum Gasteiger partial charge on any atom is -0.389 e. The van der Waals surface area contributed by atoms with Crippen LogP contribution in [0.2, 0.25) is 0 Å². The molecule has 0 aromatic carbocycles. The fourth-order valence-electron chi connectivity index (χ4n) is 2.96. The summed E-state index contributed by atoms with van der Waals surface area (Å²) in [7, 11) is 0. The number of hydrogen-bond donors (Lipinski definition) is 1. The highest BCUT2D eigenvalue weighted by atomic mass is 79.9. The van der Waals surface area contributed by atoms with Gasteiger partial charge in [-0.05, 0) is 35.7 Å². The van der Waals surface area contributed by atoms with Gasteiger partial charge in [0, 0.05) is 24.9 Å². The minimum absolute atomic E-state index is 0.383. The zero-order valence-corrected chi connectivity index (χ0v) is 11.5. The predicted molar refractivity (Wildman–Crippen MR) is 66.7 cm³/mol. The molecule has 1 aromatic heterocycles. The Morgan fingerprint density at radius 1 is 1.38 bits per heavy atom. The van der Waals surface area contributed by atoms with Crippen LogP contribution in [-0.2, 0) is 0 Å². The molecule has 3 rings (SSSR count). The first-order chi connectivity index (χ1) is 7.57. The van der Waals surface area contributed by atoms with E-state index < -0.39 is 5.60 Å². The van der Waals surface area contributed by atoms with Gasteiger partial charge in [0.15, 0.2) is 3.92 Å². The molecule has 2 heterocycles. The van der Waals surface area contributed by atoms with Gasteiger partial charge in [0.05, 0.1) is 5.60 Å². The molecule has 2 aliphatic rings. The normalized spacial score (nSPS) is 38.1. The number of aromatic nitrogens is 2. The molecule has 0 radical (unpaired) electrons. The zero-order valence-electron chi connectivity index (χ0n) is 9.06. The molecule has 4 nitrogen and oxygen atoms in total. The fourth-order valence-corrected chi connectivity index (χ4v) is 4.07. The smallest absolute Gasteiger partial charge is 0.209 e. The maximum absolute atomic E-state index is 10.4. The lowest BCUT2D eigenvalue weighted by Gasteiger charge is -2.42. The lowest BCUT2D eigenvalue weighted by atomic mass is 9.82. The molecule has 0 spiro atoms. The van der Waals surface area contributed by atoms with Crippen LogP contribution < -0.4 is 4.90 Å². The molecule has 2 atom stereocenters. The Labute approximate surface area is 107 Å². The van der Waals surface area contributed by atoms with Gasteiger partial charge in [0.2, 0.25) is 5.13 Å². The van der Waals surface area contributed by atoms with Gasteiger partial charge in [-0.2, -0.15) is 0 Å². The lowest BCUT2D eigenvalue weighted by molar-refractivity contribution is -0.0272. The van der Waals surface area contributed by atoms with Crippen LogP contribution in [0.25, 0.3) is 0 Å². The molecule has 88 valence electrons. The molecule has 2 fully saturated rings. The number of halogens is 1. The van der Waals surface area contributed by atoms with Crippen LogP contribution in [0, 0.1) is 11.8 Å². The van der Waals surface area contributed by atoms with Crippen molar-refractivity contribution < 1.29 is 5.11 Å².